The maximum absolute atomic E-state index is 9.27. The van der Waals surface area contributed by atoms with Crippen LogP contribution in [0.15, 0.2) is 30.3 Å². The molecule has 0 fully saturated rings. The summed E-state index contributed by atoms with van der Waals surface area (Å²) in [6, 6.07) is 10.3. The van der Waals surface area contributed by atoms with E-state index in [1.165, 1.54) is 10.6 Å². The molecule has 1 unspecified atom stereocenters. The predicted molar refractivity (Wildman–Crippen MR) is 58.4 cm³/mol. The van der Waals surface area contributed by atoms with Crippen molar-refractivity contribution in [1.29, 1.82) is 0 Å². The van der Waals surface area contributed by atoms with Crippen LogP contribution in [0, 0.1) is 5.92 Å². The van der Waals surface area contributed by atoms with Crippen molar-refractivity contribution in [3.8, 4) is 0 Å². The van der Waals surface area contributed by atoms with Gasteiger partial charge in [-0.05, 0) is 11.5 Å². The minimum Gasteiger partial charge on any atom is -0.314 e. The smallest absolute Gasteiger partial charge is 0.0306 e. The molecule has 14 heavy (non-hydrogen) atoms. The van der Waals surface area contributed by atoms with Crippen molar-refractivity contribution >= 4 is 0 Å². The quantitative estimate of drug-likeness (QED) is 0.743. The van der Waals surface area contributed by atoms with Gasteiger partial charge in [-0.3, -0.25) is 0 Å². The maximum Gasteiger partial charge on any atom is 0.0306 e. The van der Waals surface area contributed by atoms with E-state index < -0.39 is 0 Å². The maximum atomic E-state index is 9.27. The van der Waals surface area contributed by atoms with Crippen molar-refractivity contribution in [1.82, 2.24) is 5.06 Å². The largest absolute Gasteiger partial charge is 0.314 e. The van der Waals surface area contributed by atoms with Gasteiger partial charge in [0.25, 0.3) is 0 Å². The van der Waals surface area contributed by atoms with Gasteiger partial charge in [0, 0.05) is 19.5 Å². The summed E-state index contributed by atoms with van der Waals surface area (Å²) in [5.74, 6) is 0.929. The fourth-order valence-electron chi connectivity index (χ4n) is 1.69. The highest BCUT2D eigenvalue weighted by atomic mass is 16.5. The summed E-state index contributed by atoms with van der Waals surface area (Å²) in [5, 5.41) is 10.5. The highest BCUT2D eigenvalue weighted by Gasteiger charge is 2.16. The lowest BCUT2D eigenvalue weighted by Crippen LogP contribution is -2.24. The standard InChI is InChI=1S/C12H19NO/c1-10(2)12(9-13(3)14)11-7-5-4-6-8-11/h4-8,10,12,14H,9H2,1-3H3. The molecule has 0 bridgehead atoms. The molecule has 0 amide bonds. The van der Waals surface area contributed by atoms with Gasteiger partial charge in [0.2, 0.25) is 0 Å². The molecule has 0 aliphatic carbocycles. The second-order valence-electron chi connectivity index (χ2n) is 4.10. The van der Waals surface area contributed by atoms with E-state index in [-0.39, 0.29) is 0 Å². The summed E-state index contributed by atoms with van der Waals surface area (Å²) in [7, 11) is 1.69. The Kier molecular flexibility index (Phi) is 4.11. The summed E-state index contributed by atoms with van der Waals surface area (Å²) in [6.45, 7) is 5.05. The average Bonchev–Trinajstić information content (AvgIpc) is 2.15. The molecule has 78 valence electrons. The monoisotopic (exact) mass is 193 g/mol. The van der Waals surface area contributed by atoms with E-state index in [4.69, 9.17) is 0 Å². The number of rotatable bonds is 4. The topological polar surface area (TPSA) is 23.5 Å². The first kappa shape index (κ1) is 11.2. The number of hydrogen-bond donors (Lipinski definition) is 1. The Morgan fingerprint density at radius 3 is 2.21 bits per heavy atom. The molecule has 1 N–H and O–H groups in total. The van der Waals surface area contributed by atoms with Crippen molar-refractivity contribution in [3.05, 3.63) is 35.9 Å². The molecule has 0 spiro atoms. The number of hydroxylamine groups is 2. The fraction of sp³-hybridized carbons (Fsp3) is 0.500. The molecule has 0 radical (unpaired) electrons. The lowest BCUT2D eigenvalue weighted by molar-refractivity contribution is -0.0721. The first-order valence-electron chi connectivity index (χ1n) is 5.06. The van der Waals surface area contributed by atoms with E-state index >= 15 is 0 Å². The average molecular weight is 193 g/mol. The molecular formula is C12H19NO. The molecule has 0 saturated heterocycles. The zero-order valence-electron chi connectivity index (χ0n) is 9.14. The SMILES string of the molecule is CC(C)C(CN(C)O)c1ccccc1. The van der Waals surface area contributed by atoms with Crippen molar-refractivity contribution in [2.75, 3.05) is 13.6 Å². The normalized spacial score (nSPS) is 13.6. The summed E-state index contributed by atoms with van der Waals surface area (Å²) < 4.78 is 0. The van der Waals surface area contributed by atoms with E-state index in [1.54, 1.807) is 7.05 Å². The van der Waals surface area contributed by atoms with E-state index in [2.05, 4.69) is 26.0 Å². The van der Waals surface area contributed by atoms with E-state index in [0.29, 0.717) is 18.4 Å². The zero-order valence-corrected chi connectivity index (χ0v) is 9.14. The molecular weight excluding hydrogens is 174 g/mol. The van der Waals surface area contributed by atoms with Crippen LogP contribution in [-0.4, -0.2) is 23.9 Å². The minimum absolute atomic E-state index is 0.395. The molecule has 2 heteroatoms. The van der Waals surface area contributed by atoms with Crippen LogP contribution in [0.25, 0.3) is 0 Å². The van der Waals surface area contributed by atoms with Crippen LogP contribution >= 0.6 is 0 Å². The van der Waals surface area contributed by atoms with E-state index in [9.17, 15) is 5.21 Å². The number of hydrogen-bond acceptors (Lipinski definition) is 2. The van der Waals surface area contributed by atoms with Crippen LogP contribution in [0.1, 0.15) is 25.3 Å². The third kappa shape index (κ3) is 3.13. The van der Waals surface area contributed by atoms with Crippen LogP contribution in [0.3, 0.4) is 0 Å². The predicted octanol–water partition coefficient (Wildman–Crippen LogP) is 2.75. The van der Waals surface area contributed by atoms with Crippen LogP contribution in [-0.2, 0) is 0 Å². The molecule has 1 aromatic rings. The molecule has 0 aliphatic rings. The molecule has 2 nitrogen and oxygen atoms in total. The van der Waals surface area contributed by atoms with Gasteiger partial charge >= 0.3 is 0 Å². The van der Waals surface area contributed by atoms with Crippen LogP contribution in [0.2, 0.25) is 0 Å². The first-order valence-corrected chi connectivity index (χ1v) is 5.06. The number of benzene rings is 1. The Balaban J connectivity index is 2.78. The molecule has 0 aliphatic heterocycles. The lowest BCUT2D eigenvalue weighted by Gasteiger charge is -2.23. The Bertz CT molecular complexity index is 256. The Hall–Kier alpha value is -0.860. The van der Waals surface area contributed by atoms with Crippen LogP contribution in [0.5, 0.6) is 0 Å². The fourth-order valence-corrected chi connectivity index (χ4v) is 1.69. The van der Waals surface area contributed by atoms with Gasteiger partial charge in [-0.25, -0.2) is 0 Å². The molecule has 1 aromatic carbocycles. The van der Waals surface area contributed by atoms with Crippen LogP contribution < -0.4 is 0 Å². The van der Waals surface area contributed by atoms with Gasteiger partial charge in [-0.2, -0.15) is 5.06 Å². The van der Waals surface area contributed by atoms with Crippen molar-refractivity contribution < 1.29 is 5.21 Å². The van der Waals surface area contributed by atoms with Gasteiger partial charge in [0.05, 0.1) is 0 Å². The van der Waals surface area contributed by atoms with Crippen molar-refractivity contribution in [3.63, 3.8) is 0 Å². The van der Waals surface area contributed by atoms with Gasteiger partial charge in [-0.15, -0.1) is 0 Å². The number of nitrogens with zero attached hydrogens (tertiary/aromatic N) is 1. The summed E-state index contributed by atoms with van der Waals surface area (Å²) in [5.41, 5.74) is 1.29. The first-order chi connectivity index (χ1) is 6.61. The van der Waals surface area contributed by atoms with Crippen molar-refractivity contribution in [2.45, 2.75) is 19.8 Å². The van der Waals surface area contributed by atoms with Gasteiger partial charge in [0.1, 0.15) is 0 Å². The van der Waals surface area contributed by atoms with Gasteiger partial charge in [0.15, 0.2) is 0 Å². The summed E-state index contributed by atoms with van der Waals surface area (Å²) >= 11 is 0. The Morgan fingerprint density at radius 1 is 1.21 bits per heavy atom. The second kappa shape index (κ2) is 5.13. The van der Waals surface area contributed by atoms with Crippen molar-refractivity contribution in [2.24, 2.45) is 5.92 Å². The zero-order chi connectivity index (χ0) is 10.6. The Labute approximate surface area is 86.1 Å². The molecule has 1 rings (SSSR count). The number of likely N-dealkylation sites (N-methyl/N-ethyl adjacent to an activating group) is 1. The Morgan fingerprint density at radius 2 is 1.79 bits per heavy atom. The highest BCUT2D eigenvalue weighted by molar-refractivity contribution is 5.20. The molecule has 0 aromatic heterocycles. The van der Waals surface area contributed by atoms with Crippen LogP contribution in [0.4, 0.5) is 0 Å². The third-order valence-electron chi connectivity index (χ3n) is 2.49. The van der Waals surface area contributed by atoms with Gasteiger partial charge in [-0.1, -0.05) is 44.2 Å². The highest BCUT2D eigenvalue weighted by Crippen LogP contribution is 2.24. The van der Waals surface area contributed by atoms with E-state index in [0.717, 1.165) is 0 Å². The van der Waals surface area contributed by atoms with E-state index in [1.807, 2.05) is 18.2 Å². The third-order valence-corrected chi connectivity index (χ3v) is 2.49. The minimum atomic E-state index is 0.395. The lowest BCUT2D eigenvalue weighted by atomic mass is 9.88. The van der Waals surface area contributed by atoms with Gasteiger partial charge < -0.3 is 5.21 Å². The molecule has 1 atom stereocenters. The summed E-state index contributed by atoms with van der Waals surface area (Å²) in [4.78, 5) is 0. The molecule has 0 saturated carbocycles. The summed E-state index contributed by atoms with van der Waals surface area (Å²) in [6.07, 6.45) is 0. The molecule has 0 heterocycles. The second-order valence-corrected chi connectivity index (χ2v) is 4.10.